The zero-order valence-corrected chi connectivity index (χ0v) is 12.0. The highest BCUT2D eigenvalue weighted by molar-refractivity contribution is 5.80. The van der Waals surface area contributed by atoms with Crippen LogP contribution in [0.25, 0.3) is 0 Å². The Balaban J connectivity index is 1.76. The van der Waals surface area contributed by atoms with E-state index in [0.717, 1.165) is 38.9 Å². The number of amides is 2. The lowest BCUT2D eigenvalue weighted by Gasteiger charge is -2.33. The number of rotatable bonds is 3. The summed E-state index contributed by atoms with van der Waals surface area (Å²) in [6.07, 6.45) is 4.52. The van der Waals surface area contributed by atoms with Crippen LogP contribution in [0, 0.1) is 5.92 Å². The molecule has 5 heteroatoms. The fourth-order valence-corrected chi connectivity index (χ4v) is 3.01. The van der Waals surface area contributed by atoms with Crippen molar-refractivity contribution in [2.75, 3.05) is 33.7 Å². The smallest absolute Gasteiger partial charge is 0.225 e. The summed E-state index contributed by atoms with van der Waals surface area (Å²) in [6, 6.07) is 0.369. The quantitative estimate of drug-likeness (QED) is 0.808. The van der Waals surface area contributed by atoms with Crippen LogP contribution in [-0.2, 0) is 9.59 Å². The monoisotopic (exact) mass is 267 g/mol. The van der Waals surface area contributed by atoms with Crippen molar-refractivity contribution in [1.29, 1.82) is 0 Å². The van der Waals surface area contributed by atoms with Gasteiger partial charge in [0.1, 0.15) is 0 Å². The van der Waals surface area contributed by atoms with Crippen LogP contribution in [0.3, 0.4) is 0 Å². The Hall–Kier alpha value is -1.10. The maximum absolute atomic E-state index is 12.2. The van der Waals surface area contributed by atoms with E-state index in [1.807, 2.05) is 4.90 Å². The van der Waals surface area contributed by atoms with Crippen LogP contribution in [0.1, 0.15) is 32.1 Å². The summed E-state index contributed by atoms with van der Waals surface area (Å²) in [5.41, 5.74) is 0. The lowest BCUT2D eigenvalue weighted by atomic mass is 9.95. The normalized spacial score (nSPS) is 24.5. The van der Waals surface area contributed by atoms with Gasteiger partial charge in [-0.2, -0.15) is 0 Å². The Morgan fingerprint density at radius 1 is 1.21 bits per heavy atom. The second-order valence-electron chi connectivity index (χ2n) is 5.89. The predicted molar refractivity (Wildman–Crippen MR) is 73.6 cm³/mol. The topological polar surface area (TPSA) is 52.7 Å². The van der Waals surface area contributed by atoms with Crippen molar-refractivity contribution >= 4 is 11.8 Å². The number of hydrogen-bond acceptors (Lipinski definition) is 3. The first-order valence-corrected chi connectivity index (χ1v) is 7.30. The zero-order valence-electron chi connectivity index (χ0n) is 12.0. The Kier molecular flexibility index (Phi) is 4.80. The molecular weight excluding hydrogens is 242 g/mol. The maximum atomic E-state index is 12.2. The first-order valence-electron chi connectivity index (χ1n) is 7.30. The highest BCUT2D eigenvalue weighted by Gasteiger charge is 2.29. The van der Waals surface area contributed by atoms with Gasteiger partial charge < -0.3 is 15.1 Å². The van der Waals surface area contributed by atoms with E-state index >= 15 is 0 Å². The molecule has 2 aliphatic rings. The van der Waals surface area contributed by atoms with Crippen molar-refractivity contribution < 1.29 is 9.59 Å². The molecule has 19 heavy (non-hydrogen) atoms. The molecule has 0 aromatic heterocycles. The molecule has 0 saturated carbocycles. The fourth-order valence-electron chi connectivity index (χ4n) is 3.01. The maximum Gasteiger partial charge on any atom is 0.225 e. The molecule has 2 amide bonds. The average molecular weight is 267 g/mol. The fraction of sp³-hybridized carbons (Fsp3) is 0.857. The summed E-state index contributed by atoms with van der Waals surface area (Å²) >= 11 is 0. The zero-order chi connectivity index (χ0) is 13.8. The third kappa shape index (κ3) is 3.69. The molecule has 0 aliphatic carbocycles. The van der Waals surface area contributed by atoms with Crippen LogP contribution in [0.2, 0.25) is 0 Å². The Morgan fingerprint density at radius 3 is 2.42 bits per heavy atom. The lowest BCUT2D eigenvalue weighted by molar-refractivity contribution is -0.139. The summed E-state index contributed by atoms with van der Waals surface area (Å²) in [4.78, 5) is 27.6. The predicted octanol–water partition coefficient (Wildman–Crippen LogP) is 0.455. The van der Waals surface area contributed by atoms with Crippen LogP contribution in [0.15, 0.2) is 0 Å². The van der Waals surface area contributed by atoms with Gasteiger partial charge in [-0.15, -0.1) is 0 Å². The van der Waals surface area contributed by atoms with Crippen LogP contribution in [0.4, 0.5) is 0 Å². The van der Waals surface area contributed by atoms with Gasteiger partial charge in [0.2, 0.25) is 11.8 Å². The van der Waals surface area contributed by atoms with E-state index in [-0.39, 0.29) is 17.7 Å². The minimum absolute atomic E-state index is 0.101. The van der Waals surface area contributed by atoms with Crippen LogP contribution in [-0.4, -0.2) is 61.4 Å². The Bertz CT molecular complexity index is 330. The standard InChI is InChI=1S/C14H25N3O2/c1-16(2)14(19)11-5-8-17(9-6-11)13(18)10-12-4-3-7-15-12/h11-12,15H,3-10H2,1-2H3. The third-order valence-corrected chi connectivity index (χ3v) is 4.22. The van der Waals surface area contributed by atoms with Gasteiger partial charge in [0.05, 0.1) is 0 Å². The van der Waals surface area contributed by atoms with E-state index in [9.17, 15) is 9.59 Å². The number of carbonyl (C=O) groups is 2. The molecule has 2 aliphatic heterocycles. The van der Waals surface area contributed by atoms with E-state index in [2.05, 4.69) is 5.32 Å². The molecule has 108 valence electrons. The molecule has 5 nitrogen and oxygen atoms in total. The van der Waals surface area contributed by atoms with Crippen molar-refractivity contribution in [3.05, 3.63) is 0 Å². The van der Waals surface area contributed by atoms with Gasteiger partial charge in [-0.25, -0.2) is 0 Å². The molecule has 0 radical (unpaired) electrons. The molecule has 2 rings (SSSR count). The van der Waals surface area contributed by atoms with Crippen LogP contribution in [0.5, 0.6) is 0 Å². The first kappa shape index (κ1) is 14.3. The van der Waals surface area contributed by atoms with Crippen molar-refractivity contribution in [3.8, 4) is 0 Å². The number of nitrogens with one attached hydrogen (secondary N) is 1. The van der Waals surface area contributed by atoms with Gasteiger partial charge in [-0.3, -0.25) is 9.59 Å². The van der Waals surface area contributed by atoms with Crippen molar-refractivity contribution in [2.45, 2.75) is 38.1 Å². The number of hydrogen-bond donors (Lipinski definition) is 1. The second-order valence-corrected chi connectivity index (χ2v) is 5.89. The van der Waals surface area contributed by atoms with Crippen molar-refractivity contribution in [2.24, 2.45) is 5.92 Å². The van der Waals surface area contributed by atoms with E-state index in [4.69, 9.17) is 0 Å². The summed E-state index contributed by atoms with van der Waals surface area (Å²) < 4.78 is 0. The number of carbonyl (C=O) groups excluding carboxylic acids is 2. The van der Waals surface area contributed by atoms with Gasteiger partial charge in [0.25, 0.3) is 0 Å². The van der Waals surface area contributed by atoms with Gasteiger partial charge in [0, 0.05) is 45.6 Å². The molecule has 2 fully saturated rings. The molecule has 1 N–H and O–H groups in total. The van der Waals surface area contributed by atoms with Gasteiger partial charge >= 0.3 is 0 Å². The average Bonchev–Trinajstić information content (AvgIpc) is 2.90. The summed E-state index contributed by atoms with van der Waals surface area (Å²) in [5.74, 6) is 0.545. The molecule has 0 aromatic rings. The van der Waals surface area contributed by atoms with Crippen molar-refractivity contribution in [1.82, 2.24) is 15.1 Å². The number of likely N-dealkylation sites (tertiary alicyclic amines) is 1. The molecule has 2 saturated heterocycles. The van der Waals surface area contributed by atoms with Crippen molar-refractivity contribution in [3.63, 3.8) is 0 Å². The Labute approximate surface area is 115 Å². The van der Waals surface area contributed by atoms with Gasteiger partial charge in [-0.05, 0) is 32.2 Å². The summed E-state index contributed by atoms with van der Waals surface area (Å²) in [6.45, 7) is 2.50. The molecule has 1 unspecified atom stereocenters. The minimum atomic E-state index is 0.101. The van der Waals surface area contributed by atoms with E-state index in [1.165, 1.54) is 6.42 Å². The Morgan fingerprint density at radius 2 is 1.89 bits per heavy atom. The van der Waals surface area contributed by atoms with E-state index in [0.29, 0.717) is 12.5 Å². The van der Waals surface area contributed by atoms with Crippen LogP contribution >= 0.6 is 0 Å². The first-order chi connectivity index (χ1) is 9.08. The highest BCUT2D eigenvalue weighted by atomic mass is 16.2. The number of piperidine rings is 1. The molecule has 0 bridgehead atoms. The van der Waals surface area contributed by atoms with E-state index < -0.39 is 0 Å². The van der Waals surface area contributed by atoms with E-state index in [1.54, 1.807) is 19.0 Å². The van der Waals surface area contributed by atoms with Gasteiger partial charge in [0.15, 0.2) is 0 Å². The molecule has 0 aromatic carbocycles. The number of nitrogens with zero attached hydrogens (tertiary/aromatic N) is 2. The highest BCUT2D eigenvalue weighted by Crippen LogP contribution is 2.20. The SMILES string of the molecule is CN(C)C(=O)C1CCN(C(=O)CC2CCCN2)CC1. The molecule has 0 spiro atoms. The summed E-state index contributed by atoms with van der Waals surface area (Å²) in [5, 5.41) is 3.36. The van der Waals surface area contributed by atoms with Gasteiger partial charge in [-0.1, -0.05) is 0 Å². The molecular formula is C14H25N3O2. The minimum Gasteiger partial charge on any atom is -0.349 e. The second kappa shape index (κ2) is 6.37. The van der Waals surface area contributed by atoms with Crippen LogP contribution < -0.4 is 5.32 Å². The largest absolute Gasteiger partial charge is 0.349 e. The lowest BCUT2D eigenvalue weighted by Crippen LogP contribution is -2.44. The third-order valence-electron chi connectivity index (χ3n) is 4.22. The molecule has 2 heterocycles. The molecule has 1 atom stereocenters. The summed E-state index contributed by atoms with van der Waals surface area (Å²) in [7, 11) is 3.59.